The van der Waals surface area contributed by atoms with Gasteiger partial charge in [0, 0.05) is 12.3 Å². The van der Waals surface area contributed by atoms with E-state index in [4.69, 9.17) is 18.5 Å². The lowest BCUT2D eigenvalue weighted by molar-refractivity contribution is -0.213. The van der Waals surface area contributed by atoms with Crippen LogP contribution in [0.25, 0.3) is 0 Å². The summed E-state index contributed by atoms with van der Waals surface area (Å²) in [6, 6.07) is 0. The number of unbranched alkanes of at least 4 members (excludes halogenated alkanes) is 12. The number of carbonyl (C=O) groups is 2. The summed E-state index contributed by atoms with van der Waals surface area (Å²) in [7, 11) is -16.7. The SMILES string of the molecule is CC#CC#CC#CC#CC#CC#CC#CC(=O)OC[C@H](COP(=O)(O)OC1C(O)[C@H](OP(=O)(O)O)[C@@H](OP(=O)(O)O)C(O)[C@@H]1O)OC(=O)CCCCCCCCCCCCCCC. The second-order valence-corrected chi connectivity index (χ2v) is 17.3. The van der Waals surface area contributed by atoms with Gasteiger partial charge in [-0.2, -0.15) is 0 Å². The summed E-state index contributed by atoms with van der Waals surface area (Å²) in [5.74, 6) is 31.2. The average molecular weight is 943 g/mol. The highest BCUT2D eigenvalue weighted by Crippen LogP contribution is 2.51. The van der Waals surface area contributed by atoms with E-state index < -0.39 is 91.3 Å². The van der Waals surface area contributed by atoms with Crippen molar-refractivity contribution in [3.63, 3.8) is 0 Å². The van der Waals surface area contributed by atoms with E-state index in [2.05, 4.69) is 92.9 Å². The predicted octanol–water partition coefficient (Wildman–Crippen LogP) is 2.52. The van der Waals surface area contributed by atoms with Crippen molar-refractivity contribution in [3.05, 3.63) is 0 Å². The van der Waals surface area contributed by atoms with E-state index in [1.807, 2.05) is 5.92 Å². The molecule has 19 nitrogen and oxygen atoms in total. The van der Waals surface area contributed by atoms with Crippen molar-refractivity contribution in [2.75, 3.05) is 13.2 Å². The second kappa shape index (κ2) is 31.8. The van der Waals surface area contributed by atoms with Crippen molar-refractivity contribution >= 4 is 35.4 Å². The molecule has 0 aromatic heterocycles. The first-order valence-electron chi connectivity index (χ1n) is 19.8. The zero-order valence-corrected chi connectivity index (χ0v) is 37.4. The zero-order chi connectivity index (χ0) is 47.2. The Morgan fingerprint density at radius 1 is 0.540 bits per heavy atom. The summed E-state index contributed by atoms with van der Waals surface area (Å²) in [6.45, 7) is 1.99. The number of aliphatic hydroxyl groups excluding tert-OH is 3. The Morgan fingerprint density at radius 3 is 1.41 bits per heavy atom. The minimum Gasteiger partial charge on any atom is -0.456 e. The van der Waals surface area contributed by atoms with Crippen LogP contribution in [-0.2, 0) is 50.9 Å². The molecule has 8 atom stereocenters. The van der Waals surface area contributed by atoms with Gasteiger partial charge in [0.2, 0.25) is 0 Å². The standard InChI is InChI=1S/C41H53O19P3/c1-3-5-7-9-11-13-15-17-19-21-23-25-27-29-34(42)55-31-33(57-35(43)30-28-26-24-22-20-18-16-14-12-10-8-6-4-2)32-56-63(53,54)60-39-36(44)37(45)40(58-61(47,48)49)41(38(39)46)59-62(50,51)52/h33,36-41,44-46H,4,6,8,10,12,14,16,18,20,22,24,26,28,30-32H2,1-2H3,(H,53,54)(H2,47,48,49)(H2,50,51,52)/t33-,36+,37?,38?,39?,40+,41+/m1/s1. The maximum atomic E-state index is 13.0. The van der Waals surface area contributed by atoms with Gasteiger partial charge in [0.15, 0.2) is 6.10 Å². The van der Waals surface area contributed by atoms with E-state index in [0.29, 0.717) is 12.8 Å². The molecular weight excluding hydrogens is 889 g/mol. The zero-order valence-electron chi connectivity index (χ0n) is 34.8. The van der Waals surface area contributed by atoms with Gasteiger partial charge in [0.25, 0.3) is 0 Å². The minimum atomic E-state index is -5.63. The van der Waals surface area contributed by atoms with Gasteiger partial charge in [-0.1, -0.05) is 89.9 Å². The van der Waals surface area contributed by atoms with Crippen molar-refractivity contribution in [1.82, 2.24) is 0 Å². The number of carbonyl (C=O) groups excluding carboxylic acids is 2. The monoisotopic (exact) mass is 942 g/mol. The van der Waals surface area contributed by atoms with Crippen LogP contribution in [-0.4, -0.2) is 108 Å². The summed E-state index contributed by atoms with van der Waals surface area (Å²) >= 11 is 0. The largest absolute Gasteiger partial charge is 0.472 e. The molecule has 1 aliphatic carbocycles. The Bertz CT molecular complexity index is 2070. The fourth-order valence-corrected chi connectivity index (χ4v) is 7.62. The van der Waals surface area contributed by atoms with Crippen LogP contribution in [0, 0.1) is 82.9 Å². The van der Waals surface area contributed by atoms with Gasteiger partial charge < -0.3 is 49.3 Å². The molecule has 1 aliphatic rings. The lowest BCUT2D eigenvalue weighted by Gasteiger charge is -2.44. The molecule has 0 saturated heterocycles. The van der Waals surface area contributed by atoms with Gasteiger partial charge in [-0.3, -0.25) is 22.9 Å². The number of esters is 2. The maximum Gasteiger partial charge on any atom is 0.472 e. The van der Waals surface area contributed by atoms with Crippen LogP contribution in [0.5, 0.6) is 0 Å². The quantitative estimate of drug-likeness (QED) is 0.0203. The third kappa shape index (κ3) is 28.5. The minimum absolute atomic E-state index is 0.0811. The lowest BCUT2D eigenvalue weighted by Crippen LogP contribution is -2.65. The van der Waals surface area contributed by atoms with Crippen molar-refractivity contribution in [2.45, 2.75) is 146 Å². The Morgan fingerprint density at radius 2 is 0.952 bits per heavy atom. The summed E-state index contributed by atoms with van der Waals surface area (Å²) in [5.41, 5.74) is 0. The highest BCUT2D eigenvalue weighted by Gasteiger charge is 2.56. The summed E-state index contributed by atoms with van der Waals surface area (Å²) in [6.07, 6.45) is -3.06. The Kier molecular flexibility index (Phi) is 28.9. The molecule has 63 heavy (non-hydrogen) atoms. The predicted molar refractivity (Wildman–Crippen MR) is 224 cm³/mol. The molecule has 0 aromatic rings. The number of aliphatic hydroxyl groups is 3. The van der Waals surface area contributed by atoms with Crippen LogP contribution in [0.3, 0.4) is 0 Å². The number of hydrogen-bond donors (Lipinski definition) is 8. The third-order valence-corrected chi connectivity index (χ3v) is 10.4. The maximum absolute atomic E-state index is 13.0. The molecule has 0 bridgehead atoms. The van der Waals surface area contributed by atoms with Crippen LogP contribution in [0.1, 0.15) is 104 Å². The van der Waals surface area contributed by atoms with Gasteiger partial charge in [-0.15, -0.1) is 0 Å². The second-order valence-electron chi connectivity index (χ2n) is 13.5. The number of phosphoric acid groups is 3. The molecule has 0 heterocycles. The summed E-state index contributed by atoms with van der Waals surface area (Å²) in [4.78, 5) is 72.4. The molecule has 0 aromatic carbocycles. The van der Waals surface area contributed by atoms with Crippen LogP contribution in [0.4, 0.5) is 0 Å². The average Bonchev–Trinajstić information content (AvgIpc) is 3.20. The molecule has 1 fully saturated rings. The molecule has 4 unspecified atom stereocenters. The van der Waals surface area contributed by atoms with Gasteiger partial charge in [0.1, 0.15) is 43.2 Å². The van der Waals surface area contributed by atoms with Crippen LogP contribution in [0.2, 0.25) is 0 Å². The Labute approximate surface area is 367 Å². The molecule has 8 N–H and O–H groups in total. The van der Waals surface area contributed by atoms with Crippen molar-refractivity contribution in [1.29, 1.82) is 0 Å². The van der Waals surface area contributed by atoms with Gasteiger partial charge in [-0.05, 0) is 84.4 Å². The van der Waals surface area contributed by atoms with Crippen molar-refractivity contribution in [2.24, 2.45) is 0 Å². The fraction of sp³-hybridized carbons (Fsp3) is 0.610. The molecule has 0 radical (unpaired) electrons. The van der Waals surface area contributed by atoms with Gasteiger partial charge >= 0.3 is 35.4 Å². The number of ether oxygens (including phenoxy) is 2. The Hall–Kier alpha value is -3.93. The first-order valence-corrected chi connectivity index (χ1v) is 24.3. The molecule has 0 amide bonds. The van der Waals surface area contributed by atoms with Crippen molar-refractivity contribution in [3.8, 4) is 82.9 Å². The van der Waals surface area contributed by atoms with Crippen molar-refractivity contribution < 1.29 is 90.6 Å². The van der Waals surface area contributed by atoms with E-state index in [9.17, 15) is 63.1 Å². The summed E-state index contributed by atoms with van der Waals surface area (Å²) in [5, 5.41) is 31.7. The number of rotatable bonds is 26. The Balaban J connectivity index is 2.96. The molecule has 0 aliphatic heterocycles. The highest BCUT2D eigenvalue weighted by atomic mass is 31.2. The molecule has 346 valence electrons. The number of phosphoric ester groups is 3. The van der Waals surface area contributed by atoms with Gasteiger partial charge in [-0.25, -0.2) is 18.5 Å². The van der Waals surface area contributed by atoms with Gasteiger partial charge in [0.05, 0.1) is 6.61 Å². The molecule has 1 saturated carbocycles. The van der Waals surface area contributed by atoms with E-state index in [1.165, 1.54) is 44.9 Å². The summed E-state index contributed by atoms with van der Waals surface area (Å²) < 4.78 is 64.5. The van der Waals surface area contributed by atoms with E-state index in [1.54, 1.807) is 6.92 Å². The van der Waals surface area contributed by atoms with E-state index >= 15 is 0 Å². The number of hydrogen-bond acceptors (Lipinski definition) is 14. The van der Waals surface area contributed by atoms with Crippen LogP contribution in [0.15, 0.2) is 0 Å². The molecule has 0 spiro atoms. The highest BCUT2D eigenvalue weighted by molar-refractivity contribution is 7.47. The lowest BCUT2D eigenvalue weighted by atomic mass is 9.85. The smallest absolute Gasteiger partial charge is 0.456 e. The third-order valence-electron chi connectivity index (χ3n) is 8.38. The van der Waals surface area contributed by atoms with E-state index in [0.717, 1.165) is 25.7 Å². The van der Waals surface area contributed by atoms with Crippen LogP contribution < -0.4 is 0 Å². The molecule has 1 rings (SSSR count). The molecular formula is C41H53O19P3. The first-order chi connectivity index (χ1) is 29.8. The normalized spacial score (nSPS) is 20.3. The van der Waals surface area contributed by atoms with Crippen LogP contribution >= 0.6 is 23.5 Å². The fourth-order valence-electron chi connectivity index (χ4n) is 5.52. The topological polar surface area (TPSA) is 303 Å². The first kappa shape index (κ1) is 57.1. The molecule has 22 heteroatoms. The van der Waals surface area contributed by atoms with E-state index in [-0.39, 0.29) is 6.42 Å².